The minimum absolute atomic E-state index is 0.0169. The maximum Gasteiger partial charge on any atom is 0.419 e. The number of benzene rings is 2. The fourth-order valence-electron chi connectivity index (χ4n) is 5.58. The number of nitrogens with one attached hydrogen (secondary N) is 2. The van der Waals surface area contributed by atoms with Gasteiger partial charge in [-0.15, -0.1) is 0 Å². The van der Waals surface area contributed by atoms with Crippen LogP contribution >= 0.6 is 0 Å². The predicted molar refractivity (Wildman–Crippen MR) is 152 cm³/mol. The number of oxazole rings is 1. The molecule has 3 aromatic heterocycles. The molecule has 0 aliphatic heterocycles. The summed E-state index contributed by atoms with van der Waals surface area (Å²) in [6.45, 7) is 7.86. The van der Waals surface area contributed by atoms with Crippen LogP contribution in [0.25, 0.3) is 22.5 Å². The molecule has 5 aromatic rings. The van der Waals surface area contributed by atoms with Crippen LogP contribution in [-0.4, -0.2) is 36.1 Å². The summed E-state index contributed by atoms with van der Waals surface area (Å²) < 4.78 is 22.4. The first-order valence-electron chi connectivity index (χ1n) is 13.4. The standard InChI is InChI=1S/C30H27FN6O5/c1-4-36-24-11-17(5-10-26(24)42-30(36)41)13-32-28(39)23-12-25(37-27(34-23)21(31)14-33-37)29(40)35-22-9-8-19-15(2)18(16(3)38)6-7-20(19)22/h5-7,10-12,14,22,38H,3-4,8-9,13H2,1-2H3,(H,32,39)(H,35,40)/t22-/m0/s1. The molecule has 1 aliphatic carbocycles. The van der Waals surface area contributed by atoms with Gasteiger partial charge >= 0.3 is 5.76 Å². The highest BCUT2D eigenvalue weighted by atomic mass is 19.1. The number of hydrogen-bond donors (Lipinski definition) is 3. The molecule has 42 heavy (non-hydrogen) atoms. The van der Waals surface area contributed by atoms with Crippen LogP contribution in [-0.2, 0) is 19.5 Å². The molecule has 0 spiro atoms. The van der Waals surface area contributed by atoms with Crippen molar-refractivity contribution >= 4 is 34.3 Å². The van der Waals surface area contributed by atoms with Gasteiger partial charge in [0.05, 0.1) is 17.8 Å². The number of hydrogen-bond acceptors (Lipinski definition) is 7. The van der Waals surface area contributed by atoms with E-state index < -0.39 is 23.4 Å². The maximum atomic E-state index is 14.6. The van der Waals surface area contributed by atoms with Crippen molar-refractivity contribution < 1.29 is 23.5 Å². The lowest BCUT2D eigenvalue weighted by molar-refractivity contribution is 0.0929. The van der Waals surface area contributed by atoms with Gasteiger partial charge in [-0.3, -0.25) is 14.2 Å². The van der Waals surface area contributed by atoms with Crippen LogP contribution < -0.4 is 16.4 Å². The molecule has 0 saturated carbocycles. The second-order valence-corrected chi connectivity index (χ2v) is 10.2. The number of aryl methyl sites for hydroxylation is 1. The van der Waals surface area contributed by atoms with Gasteiger partial charge in [-0.1, -0.05) is 24.8 Å². The lowest BCUT2D eigenvalue weighted by atomic mass is 9.97. The van der Waals surface area contributed by atoms with Gasteiger partial charge < -0.3 is 20.2 Å². The molecule has 3 heterocycles. The normalized spacial score (nSPS) is 14.3. The van der Waals surface area contributed by atoms with E-state index >= 15 is 0 Å². The highest BCUT2D eigenvalue weighted by Gasteiger charge is 2.28. The highest BCUT2D eigenvalue weighted by molar-refractivity contribution is 5.98. The van der Waals surface area contributed by atoms with Crippen LogP contribution in [0.4, 0.5) is 4.39 Å². The summed E-state index contributed by atoms with van der Waals surface area (Å²) in [5, 5.41) is 19.6. The van der Waals surface area contributed by atoms with Crippen molar-refractivity contribution in [3.8, 4) is 0 Å². The van der Waals surface area contributed by atoms with Crippen molar-refractivity contribution in [1.82, 2.24) is 29.8 Å². The largest absolute Gasteiger partial charge is 0.508 e. The first-order valence-corrected chi connectivity index (χ1v) is 13.4. The Morgan fingerprint density at radius 3 is 2.79 bits per heavy atom. The molecular weight excluding hydrogens is 543 g/mol. The number of amides is 2. The molecule has 2 amide bonds. The van der Waals surface area contributed by atoms with Crippen molar-refractivity contribution in [3.63, 3.8) is 0 Å². The Morgan fingerprint density at radius 1 is 1.21 bits per heavy atom. The molecule has 0 saturated heterocycles. The monoisotopic (exact) mass is 570 g/mol. The average Bonchev–Trinajstić information content (AvgIpc) is 3.65. The molecule has 214 valence electrons. The van der Waals surface area contributed by atoms with Crippen molar-refractivity contribution in [2.24, 2.45) is 0 Å². The fourth-order valence-corrected chi connectivity index (χ4v) is 5.58. The van der Waals surface area contributed by atoms with E-state index in [2.05, 4.69) is 27.3 Å². The fraction of sp³-hybridized carbons (Fsp3) is 0.233. The summed E-state index contributed by atoms with van der Waals surface area (Å²) in [4.78, 5) is 42.7. The van der Waals surface area contributed by atoms with Crippen molar-refractivity contribution in [3.05, 3.63) is 105 Å². The summed E-state index contributed by atoms with van der Waals surface area (Å²) in [5.74, 6) is -2.42. The highest BCUT2D eigenvalue weighted by Crippen LogP contribution is 2.36. The molecule has 0 fully saturated rings. The zero-order valence-electron chi connectivity index (χ0n) is 22.9. The quantitative estimate of drug-likeness (QED) is 0.251. The third kappa shape index (κ3) is 4.50. The Kier molecular flexibility index (Phi) is 6.60. The van der Waals surface area contributed by atoms with Crippen molar-refractivity contribution in [2.45, 2.75) is 45.8 Å². The summed E-state index contributed by atoms with van der Waals surface area (Å²) in [5.41, 5.74) is 4.80. The minimum Gasteiger partial charge on any atom is -0.508 e. The molecule has 0 radical (unpaired) electrons. The summed E-state index contributed by atoms with van der Waals surface area (Å²) in [6, 6.07) is 9.69. The third-order valence-electron chi connectivity index (χ3n) is 7.70. The summed E-state index contributed by atoms with van der Waals surface area (Å²) >= 11 is 0. The lowest BCUT2D eigenvalue weighted by Gasteiger charge is -2.16. The van der Waals surface area contributed by atoms with Gasteiger partial charge in [-0.25, -0.2) is 18.7 Å². The number of aromatic nitrogens is 4. The van der Waals surface area contributed by atoms with Gasteiger partial charge in [0, 0.05) is 24.7 Å². The van der Waals surface area contributed by atoms with Gasteiger partial charge in [-0.05, 0) is 61.1 Å². The molecule has 1 aliphatic rings. The van der Waals surface area contributed by atoms with Gasteiger partial charge in [0.15, 0.2) is 17.0 Å². The molecule has 0 unspecified atom stereocenters. The van der Waals surface area contributed by atoms with Crippen LogP contribution in [0, 0.1) is 12.7 Å². The van der Waals surface area contributed by atoms with Crippen LogP contribution in [0.1, 0.15) is 68.2 Å². The number of aliphatic hydroxyl groups excluding tert-OH is 1. The Labute approximate surface area is 238 Å². The average molecular weight is 571 g/mol. The van der Waals surface area contributed by atoms with Crippen LogP contribution in [0.15, 0.2) is 58.4 Å². The number of halogens is 1. The zero-order chi connectivity index (χ0) is 29.7. The van der Waals surface area contributed by atoms with E-state index in [4.69, 9.17) is 4.42 Å². The van der Waals surface area contributed by atoms with Crippen molar-refractivity contribution in [2.75, 3.05) is 0 Å². The van der Waals surface area contributed by atoms with Gasteiger partial charge in [0.25, 0.3) is 11.8 Å². The first-order chi connectivity index (χ1) is 20.2. The van der Waals surface area contributed by atoms with E-state index in [1.54, 1.807) is 24.3 Å². The molecule has 2 aromatic carbocycles. The topological polar surface area (TPSA) is 144 Å². The number of carbonyl (C=O) groups is 2. The van der Waals surface area contributed by atoms with Crippen LogP contribution in [0.3, 0.4) is 0 Å². The van der Waals surface area contributed by atoms with E-state index in [0.717, 1.165) is 27.4 Å². The number of fused-ring (bicyclic) bond motifs is 3. The Morgan fingerprint density at radius 2 is 2.02 bits per heavy atom. The van der Waals surface area contributed by atoms with E-state index in [9.17, 15) is 23.9 Å². The molecule has 0 bridgehead atoms. The second-order valence-electron chi connectivity index (χ2n) is 10.2. The van der Waals surface area contributed by atoms with Gasteiger partial charge in [-0.2, -0.15) is 5.10 Å². The Bertz CT molecular complexity index is 1990. The van der Waals surface area contributed by atoms with E-state index in [1.807, 2.05) is 19.9 Å². The number of nitrogens with zero attached hydrogens (tertiary/aromatic N) is 4. The smallest absolute Gasteiger partial charge is 0.419 e. The third-order valence-corrected chi connectivity index (χ3v) is 7.70. The molecule has 11 nitrogen and oxygen atoms in total. The van der Waals surface area contributed by atoms with E-state index in [1.165, 1.54) is 10.6 Å². The molecular formula is C30H27FN6O5. The first kappa shape index (κ1) is 26.9. The van der Waals surface area contributed by atoms with E-state index in [0.29, 0.717) is 41.6 Å². The van der Waals surface area contributed by atoms with Gasteiger partial charge in [0.2, 0.25) is 0 Å². The Balaban J connectivity index is 1.25. The SMILES string of the molecule is C=C(O)c1ccc2c(c1C)CC[C@@H]2NC(=O)c1cc(C(=O)NCc2ccc3oc(=O)n(CC)c3c2)nc2c(F)cnn12. The molecule has 1 atom stereocenters. The predicted octanol–water partition coefficient (Wildman–Crippen LogP) is 3.98. The number of aliphatic hydroxyl groups is 1. The maximum absolute atomic E-state index is 14.6. The Hall–Kier alpha value is -5.26. The van der Waals surface area contributed by atoms with Crippen molar-refractivity contribution in [1.29, 1.82) is 0 Å². The number of rotatable bonds is 7. The summed E-state index contributed by atoms with van der Waals surface area (Å²) in [7, 11) is 0. The molecule has 6 rings (SSSR count). The van der Waals surface area contributed by atoms with Crippen LogP contribution in [0.5, 0.6) is 0 Å². The minimum atomic E-state index is -0.778. The van der Waals surface area contributed by atoms with Gasteiger partial charge in [0.1, 0.15) is 17.1 Å². The molecule has 12 heteroatoms. The molecule has 3 N–H and O–H groups in total. The summed E-state index contributed by atoms with van der Waals surface area (Å²) in [6.07, 6.45) is 2.26. The van der Waals surface area contributed by atoms with Crippen LogP contribution in [0.2, 0.25) is 0 Å². The lowest BCUT2D eigenvalue weighted by Crippen LogP contribution is -2.30. The number of carbonyl (C=O) groups excluding carboxylic acids is 2. The second kappa shape index (κ2) is 10.3. The van der Waals surface area contributed by atoms with E-state index in [-0.39, 0.29) is 35.4 Å². The zero-order valence-corrected chi connectivity index (χ0v) is 22.9.